The first kappa shape index (κ1) is 10.6. The van der Waals surface area contributed by atoms with Crippen LogP contribution >= 0.6 is 0 Å². The van der Waals surface area contributed by atoms with Crippen LogP contribution in [0.1, 0.15) is 12.5 Å². The van der Waals surface area contributed by atoms with E-state index in [1.807, 2.05) is 12.1 Å². The molecule has 2 aromatic rings. The summed E-state index contributed by atoms with van der Waals surface area (Å²) in [6, 6.07) is 14.1. The molecular formula is C14H16N2. The number of benzene rings is 2. The smallest absolute Gasteiger partial charge is 0.0414 e. The average Bonchev–Trinajstić information content (AvgIpc) is 2.29. The highest BCUT2D eigenvalue weighted by atomic mass is 14.6. The molecule has 0 saturated heterocycles. The third-order valence-electron chi connectivity index (χ3n) is 2.72. The number of anilines is 2. The van der Waals surface area contributed by atoms with Crippen molar-refractivity contribution in [3.05, 3.63) is 48.0 Å². The molecule has 0 saturated carbocycles. The highest BCUT2D eigenvalue weighted by Crippen LogP contribution is 2.28. The SMILES string of the molecule is CCc1cccc(-c2ccc(N)cc2N)c1. The second-order valence-corrected chi connectivity index (χ2v) is 3.90. The van der Waals surface area contributed by atoms with E-state index in [1.165, 1.54) is 5.56 Å². The minimum Gasteiger partial charge on any atom is -0.399 e. The van der Waals surface area contributed by atoms with E-state index in [-0.39, 0.29) is 0 Å². The van der Waals surface area contributed by atoms with Crippen LogP contribution < -0.4 is 11.5 Å². The van der Waals surface area contributed by atoms with E-state index in [0.717, 1.165) is 23.2 Å². The number of nitrogens with two attached hydrogens (primary N) is 2. The Kier molecular flexibility index (Phi) is 2.82. The van der Waals surface area contributed by atoms with E-state index in [1.54, 1.807) is 6.07 Å². The Hall–Kier alpha value is -1.96. The number of hydrogen-bond donors (Lipinski definition) is 2. The summed E-state index contributed by atoms with van der Waals surface area (Å²) < 4.78 is 0. The Morgan fingerprint density at radius 3 is 2.50 bits per heavy atom. The van der Waals surface area contributed by atoms with Crippen LogP contribution in [0.4, 0.5) is 11.4 Å². The molecule has 0 aromatic heterocycles. The van der Waals surface area contributed by atoms with Crippen molar-refractivity contribution in [2.45, 2.75) is 13.3 Å². The number of nitrogen functional groups attached to an aromatic ring is 2. The maximum absolute atomic E-state index is 5.96. The van der Waals surface area contributed by atoms with Gasteiger partial charge in [0.15, 0.2) is 0 Å². The fourth-order valence-electron chi connectivity index (χ4n) is 1.80. The zero-order chi connectivity index (χ0) is 11.5. The van der Waals surface area contributed by atoms with Crippen molar-refractivity contribution in [1.82, 2.24) is 0 Å². The molecule has 2 heteroatoms. The van der Waals surface area contributed by atoms with E-state index < -0.39 is 0 Å². The topological polar surface area (TPSA) is 52.0 Å². The summed E-state index contributed by atoms with van der Waals surface area (Å²) in [5, 5.41) is 0. The van der Waals surface area contributed by atoms with Crippen LogP contribution in [0.15, 0.2) is 42.5 Å². The lowest BCUT2D eigenvalue weighted by Crippen LogP contribution is -1.93. The van der Waals surface area contributed by atoms with E-state index in [9.17, 15) is 0 Å². The minimum atomic E-state index is 0.702. The number of rotatable bonds is 2. The first-order valence-electron chi connectivity index (χ1n) is 5.45. The summed E-state index contributed by atoms with van der Waals surface area (Å²) in [6.45, 7) is 2.14. The molecule has 0 bridgehead atoms. The van der Waals surface area contributed by atoms with Crippen LogP contribution in [0, 0.1) is 0 Å². The van der Waals surface area contributed by atoms with E-state index in [4.69, 9.17) is 11.5 Å². The lowest BCUT2D eigenvalue weighted by Gasteiger charge is -2.08. The van der Waals surface area contributed by atoms with Crippen molar-refractivity contribution >= 4 is 11.4 Å². The van der Waals surface area contributed by atoms with Gasteiger partial charge in [0.25, 0.3) is 0 Å². The molecule has 2 nitrogen and oxygen atoms in total. The van der Waals surface area contributed by atoms with E-state index in [2.05, 4.69) is 31.2 Å². The molecule has 16 heavy (non-hydrogen) atoms. The van der Waals surface area contributed by atoms with Crippen molar-refractivity contribution in [1.29, 1.82) is 0 Å². The highest BCUT2D eigenvalue weighted by Gasteiger charge is 2.03. The van der Waals surface area contributed by atoms with Gasteiger partial charge in [0.1, 0.15) is 0 Å². The Morgan fingerprint density at radius 2 is 1.81 bits per heavy atom. The third kappa shape index (κ3) is 2.01. The van der Waals surface area contributed by atoms with Gasteiger partial charge in [0.2, 0.25) is 0 Å². The summed E-state index contributed by atoms with van der Waals surface area (Å²) in [7, 11) is 0. The molecule has 0 radical (unpaired) electrons. The summed E-state index contributed by atoms with van der Waals surface area (Å²) in [5.74, 6) is 0. The number of aryl methyl sites for hydroxylation is 1. The summed E-state index contributed by atoms with van der Waals surface area (Å²) >= 11 is 0. The highest BCUT2D eigenvalue weighted by molar-refractivity contribution is 5.79. The van der Waals surface area contributed by atoms with Gasteiger partial charge in [-0.05, 0) is 29.7 Å². The fraction of sp³-hybridized carbons (Fsp3) is 0.143. The molecule has 4 N–H and O–H groups in total. The van der Waals surface area contributed by atoms with Gasteiger partial charge in [-0.1, -0.05) is 37.3 Å². The van der Waals surface area contributed by atoms with Crippen molar-refractivity contribution in [2.24, 2.45) is 0 Å². The first-order chi connectivity index (χ1) is 7.70. The van der Waals surface area contributed by atoms with Crippen molar-refractivity contribution in [3.8, 4) is 11.1 Å². The molecule has 0 aliphatic rings. The van der Waals surface area contributed by atoms with Gasteiger partial charge in [-0.25, -0.2) is 0 Å². The maximum atomic E-state index is 5.96. The van der Waals surface area contributed by atoms with Crippen molar-refractivity contribution < 1.29 is 0 Å². The third-order valence-corrected chi connectivity index (χ3v) is 2.72. The second kappa shape index (κ2) is 4.27. The first-order valence-corrected chi connectivity index (χ1v) is 5.45. The standard InChI is InChI=1S/C14H16N2/c1-2-10-4-3-5-11(8-10)13-7-6-12(15)9-14(13)16/h3-9H,2,15-16H2,1H3. The fourth-order valence-corrected chi connectivity index (χ4v) is 1.80. The maximum Gasteiger partial charge on any atom is 0.0414 e. The predicted molar refractivity (Wildman–Crippen MR) is 70.1 cm³/mol. The normalized spacial score (nSPS) is 10.3. The molecule has 0 unspecified atom stereocenters. The molecule has 0 aliphatic heterocycles. The molecule has 82 valence electrons. The summed E-state index contributed by atoms with van der Waals surface area (Å²) in [4.78, 5) is 0. The molecule has 0 aliphatic carbocycles. The lowest BCUT2D eigenvalue weighted by atomic mass is 10.0. The zero-order valence-electron chi connectivity index (χ0n) is 9.40. The van der Waals surface area contributed by atoms with E-state index in [0.29, 0.717) is 5.69 Å². The summed E-state index contributed by atoms with van der Waals surface area (Å²) in [6.07, 6.45) is 1.03. The molecule has 0 spiro atoms. The van der Waals surface area contributed by atoms with Crippen LogP contribution in [0.3, 0.4) is 0 Å². The van der Waals surface area contributed by atoms with Gasteiger partial charge < -0.3 is 11.5 Å². The lowest BCUT2D eigenvalue weighted by molar-refractivity contribution is 1.14. The van der Waals surface area contributed by atoms with Gasteiger partial charge in [-0.2, -0.15) is 0 Å². The Morgan fingerprint density at radius 1 is 1.00 bits per heavy atom. The number of hydrogen-bond acceptors (Lipinski definition) is 2. The quantitative estimate of drug-likeness (QED) is 0.751. The molecule has 0 amide bonds. The molecule has 2 rings (SSSR count). The van der Waals surface area contributed by atoms with Crippen molar-refractivity contribution in [2.75, 3.05) is 11.5 Å². The van der Waals surface area contributed by atoms with Gasteiger partial charge in [0, 0.05) is 16.9 Å². The van der Waals surface area contributed by atoms with Crippen molar-refractivity contribution in [3.63, 3.8) is 0 Å². The van der Waals surface area contributed by atoms with Gasteiger partial charge in [-0.15, -0.1) is 0 Å². The second-order valence-electron chi connectivity index (χ2n) is 3.90. The van der Waals surface area contributed by atoms with E-state index >= 15 is 0 Å². The van der Waals surface area contributed by atoms with Crippen LogP contribution in [0.5, 0.6) is 0 Å². The minimum absolute atomic E-state index is 0.702. The average molecular weight is 212 g/mol. The molecule has 0 fully saturated rings. The molecule has 2 aromatic carbocycles. The van der Waals surface area contributed by atoms with Gasteiger partial charge in [-0.3, -0.25) is 0 Å². The zero-order valence-corrected chi connectivity index (χ0v) is 9.40. The van der Waals surface area contributed by atoms with Gasteiger partial charge in [0.05, 0.1) is 0 Å². The Labute approximate surface area is 95.9 Å². The van der Waals surface area contributed by atoms with Crippen LogP contribution in [0.2, 0.25) is 0 Å². The molecule has 0 atom stereocenters. The molecular weight excluding hydrogens is 196 g/mol. The monoisotopic (exact) mass is 212 g/mol. The molecule has 0 heterocycles. The predicted octanol–water partition coefficient (Wildman–Crippen LogP) is 3.08. The van der Waals surface area contributed by atoms with Crippen LogP contribution in [-0.2, 0) is 6.42 Å². The Balaban J connectivity index is 2.49. The van der Waals surface area contributed by atoms with Gasteiger partial charge >= 0.3 is 0 Å². The summed E-state index contributed by atoms with van der Waals surface area (Å²) in [5.41, 5.74) is 16.6. The van der Waals surface area contributed by atoms with Crippen LogP contribution in [0.25, 0.3) is 11.1 Å². The Bertz CT molecular complexity index is 504. The van der Waals surface area contributed by atoms with Crippen LogP contribution in [-0.4, -0.2) is 0 Å². The largest absolute Gasteiger partial charge is 0.399 e.